The lowest BCUT2D eigenvalue weighted by atomic mass is 10.1. The largest absolute Gasteiger partial charge is 0.416 e. The Hall–Kier alpha value is -2.50. The Morgan fingerprint density at radius 2 is 0.792 bits per heavy atom. The number of hydrogen-bond acceptors (Lipinski definition) is 0. The van der Waals surface area contributed by atoms with E-state index in [4.69, 9.17) is 0 Å². The van der Waals surface area contributed by atoms with Gasteiger partial charge in [0.1, 0.15) is 0 Å². The highest BCUT2D eigenvalue weighted by Gasteiger charge is 2.30. The maximum absolute atomic E-state index is 12.4. The van der Waals surface area contributed by atoms with Gasteiger partial charge in [0.15, 0.2) is 0 Å². The summed E-state index contributed by atoms with van der Waals surface area (Å²) in [5.74, 6) is 0. The van der Waals surface area contributed by atoms with Crippen molar-refractivity contribution in [2.75, 3.05) is 0 Å². The number of rotatable bonds is 3. The molecule has 0 spiro atoms. The second kappa shape index (κ2) is 6.95. The molecule has 126 valence electrons. The first-order chi connectivity index (χ1) is 11.2. The molecule has 0 radical (unpaired) electrons. The zero-order chi connectivity index (χ0) is 17.8. The molecule has 2 aromatic rings. The van der Waals surface area contributed by atoms with Crippen LogP contribution in [-0.2, 0) is 12.4 Å². The van der Waals surface area contributed by atoms with Crippen molar-refractivity contribution in [1.29, 1.82) is 0 Å². The lowest BCUT2D eigenvalue weighted by Crippen LogP contribution is -2.03. The molecule has 0 bridgehead atoms. The maximum Gasteiger partial charge on any atom is 0.416 e. The van der Waals surface area contributed by atoms with Gasteiger partial charge in [0.05, 0.1) is 11.1 Å². The van der Waals surface area contributed by atoms with E-state index in [1.807, 2.05) is 0 Å². The van der Waals surface area contributed by atoms with Crippen molar-refractivity contribution in [2.45, 2.75) is 12.4 Å². The molecular weight excluding hydrogens is 330 g/mol. The topological polar surface area (TPSA) is 0 Å². The quantitative estimate of drug-likeness (QED) is 0.444. The summed E-state index contributed by atoms with van der Waals surface area (Å²) >= 11 is 0. The summed E-state index contributed by atoms with van der Waals surface area (Å²) in [5, 5.41) is 0. The molecule has 0 amide bonds. The number of hydrogen-bond donors (Lipinski definition) is 0. The van der Waals surface area contributed by atoms with Crippen LogP contribution in [0.5, 0.6) is 0 Å². The van der Waals surface area contributed by atoms with Crippen molar-refractivity contribution >= 4 is 12.2 Å². The van der Waals surface area contributed by atoms with Gasteiger partial charge < -0.3 is 0 Å². The second-order valence-corrected chi connectivity index (χ2v) is 4.96. The third-order valence-electron chi connectivity index (χ3n) is 3.16. The van der Waals surface area contributed by atoms with Crippen molar-refractivity contribution in [1.82, 2.24) is 0 Å². The van der Waals surface area contributed by atoms with E-state index in [1.165, 1.54) is 24.3 Å². The summed E-state index contributed by atoms with van der Waals surface area (Å²) in [7, 11) is 0. The molecule has 0 atom stereocenters. The molecule has 0 heterocycles. The SMILES string of the molecule is FC(F)(F)c1ccc(/C=C/C=C/c2ccc(C(F)(F)F)cc2)cc1. The molecular formula is C18H12F6. The van der Waals surface area contributed by atoms with Crippen molar-refractivity contribution in [3.8, 4) is 0 Å². The molecule has 0 N–H and O–H groups in total. The number of alkyl halides is 6. The molecule has 24 heavy (non-hydrogen) atoms. The van der Waals surface area contributed by atoms with E-state index in [1.54, 1.807) is 24.3 Å². The van der Waals surface area contributed by atoms with Gasteiger partial charge in [-0.25, -0.2) is 0 Å². The van der Waals surface area contributed by atoms with Crippen LogP contribution >= 0.6 is 0 Å². The summed E-state index contributed by atoms with van der Waals surface area (Å²) in [5.41, 5.74) is -0.278. The molecule has 6 heteroatoms. The average Bonchev–Trinajstić information content (AvgIpc) is 2.51. The van der Waals surface area contributed by atoms with Crippen LogP contribution in [0.2, 0.25) is 0 Å². The Morgan fingerprint density at radius 1 is 0.500 bits per heavy atom. The van der Waals surface area contributed by atoms with E-state index >= 15 is 0 Å². The van der Waals surface area contributed by atoms with Gasteiger partial charge in [-0.1, -0.05) is 48.6 Å². The van der Waals surface area contributed by atoms with Crippen LogP contribution in [0, 0.1) is 0 Å². The molecule has 2 aromatic carbocycles. The first-order valence-electron chi connectivity index (χ1n) is 6.85. The van der Waals surface area contributed by atoms with E-state index in [-0.39, 0.29) is 0 Å². The highest BCUT2D eigenvalue weighted by molar-refractivity contribution is 5.57. The van der Waals surface area contributed by atoms with Gasteiger partial charge in [-0.15, -0.1) is 0 Å². The first-order valence-corrected chi connectivity index (χ1v) is 6.85. The van der Waals surface area contributed by atoms with Gasteiger partial charge in [-0.3, -0.25) is 0 Å². The van der Waals surface area contributed by atoms with Crippen LogP contribution < -0.4 is 0 Å². The summed E-state index contributed by atoms with van der Waals surface area (Å²) < 4.78 is 74.5. The molecule has 0 aliphatic heterocycles. The van der Waals surface area contributed by atoms with Crippen molar-refractivity contribution in [3.05, 3.63) is 82.9 Å². The van der Waals surface area contributed by atoms with Gasteiger partial charge in [-0.2, -0.15) is 26.3 Å². The zero-order valence-corrected chi connectivity index (χ0v) is 12.2. The Labute approximate surface area is 134 Å². The summed E-state index contributed by atoms with van der Waals surface area (Å²) in [6.45, 7) is 0. The molecule has 0 unspecified atom stereocenters. The van der Waals surface area contributed by atoms with Crippen LogP contribution in [0.1, 0.15) is 22.3 Å². The lowest BCUT2D eigenvalue weighted by Gasteiger charge is -2.06. The molecule has 0 saturated carbocycles. The highest BCUT2D eigenvalue weighted by Crippen LogP contribution is 2.30. The minimum absolute atomic E-state index is 0.583. The van der Waals surface area contributed by atoms with E-state index < -0.39 is 23.5 Å². The van der Waals surface area contributed by atoms with Gasteiger partial charge in [0.2, 0.25) is 0 Å². The number of halogens is 6. The fourth-order valence-corrected chi connectivity index (χ4v) is 1.90. The Balaban J connectivity index is 1.99. The monoisotopic (exact) mass is 342 g/mol. The first kappa shape index (κ1) is 17.8. The highest BCUT2D eigenvalue weighted by atomic mass is 19.4. The molecule has 0 fully saturated rings. The van der Waals surface area contributed by atoms with Crippen LogP contribution in [-0.4, -0.2) is 0 Å². The normalized spacial score (nSPS) is 13.1. The summed E-state index contributed by atoms with van der Waals surface area (Å²) in [4.78, 5) is 0. The van der Waals surface area contributed by atoms with Gasteiger partial charge in [-0.05, 0) is 35.4 Å². The number of allylic oxidation sites excluding steroid dienone is 2. The minimum Gasteiger partial charge on any atom is -0.166 e. The lowest BCUT2D eigenvalue weighted by molar-refractivity contribution is -0.138. The smallest absolute Gasteiger partial charge is 0.166 e. The van der Waals surface area contributed by atoms with Crippen LogP contribution in [0.25, 0.3) is 12.2 Å². The molecule has 0 aromatic heterocycles. The Morgan fingerprint density at radius 3 is 1.04 bits per heavy atom. The van der Waals surface area contributed by atoms with Crippen LogP contribution in [0.15, 0.2) is 60.7 Å². The minimum atomic E-state index is -4.37. The Bertz CT molecular complexity index is 651. The fourth-order valence-electron chi connectivity index (χ4n) is 1.90. The third-order valence-corrected chi connectivity index (χ3v) is 3.16. The second-order valence-electron chi connectivity index (χ2n) is 4.96. The molecule has 0 aliphatic carbocycles. The van der Waals surface area contributed by atoms with Crippen molar-refractivity contribution in [3.63, 3.8) is 0 Å². The zero-order valence-electron chi connectivity index (χ0n) is 12.2. The third kappa shape index (κ3) is 5.01. The van der Waals surface area contributed by atoms with Crippen LogP contribution in [0.3, 0.4) is 0 Å². The van der Waals surface area contributed by atoms with Crippen molar-refractivity contribution < 1.29 is 26.3 Å². The van der Waals surface area contributed by atoms with E-state index in [2.05, 4.69) is 0 Å². The molecule has 0 saturated heterocycles. The fraction of sp³-hybridized carbons (Fsp3) is 0.111. The number of benzene rings is 2. The average molecular weight is 342 g/mol. The molecule has 2 rings (SSSR count). The van der Waals surface area contributed by atoms with Gasteiger partial charge in [0.25, 0.3) is 0 Å². The molecule has 0 aliphatic rings. The predicted molar refractivity (Wildman–Crippen MR) is 81.0 cm³/mol. The summed E-state index contributed by atoms with van der Waals surface area (Å²) in [6.07, 6.45) is -2.35. The standard InChI is InChI=1S/C18H12F6/c19-17(20,21)15-9-5-13(6-10-15)3-1-2-4-14-7-11-16(12-8-14)18(22,23)24/h1-12H/b3-1+,4-2+. The maximum atomic E-state index is 12.4. The van der Waals surface area contributed by atoms with E-state index in [0.29, 0.717) is 11.1 Å². The molecule has 0 nitrogen and oxygen atoms in total. The summed E-state index contributed by atoms with van der Waals surface area (Å²) in [6, 6.07) is 9.30. The predicted octanol–water partition coefficient (Wildman–Crippen LogP) is 6.45. The van der Waals surface area contributed by atoms with E-state index in [0.717, 1.165) is 24.3 Å². The van der Waals surface area contributed by atoms with E-state index in [9.17, 15) is 26.3 Å². The Kier molecular flexibility index (Phi) is 5.17. The van der Waals surface area contributed by atoms with Crippen molar-refractivity contribution in [2.24, 2.45) is 0 Å². The van der Waals surface area contributed by atoms with Crippen LogP contribution in [0.4, 0.5) is 26.3 Å². The van der Waals surface area contributed by atoms with Gasteiger partial charge >= 0.3 is 12.4 Å². The van der Waals surface area contributed by atoms with Gasteiger partial charge in [0, 0.05) is 0 Å².